The Hall–Kier alpha value is -2.01. The Morgan fingerprint density at radius 1 is 1.24 bits per heavy atom. The molecule has 2 aromatic rings. The number of hydrogen-bond acceptors (Lipinski definition) is 5. The molecule has 5 heteroatoms. The summed E-state index contributed by atoms with van der Waals surface area (Å²) in [6.07, 6.45) is 2.48. The normalized spacial score (nSPS) is 17.9. The molecule has 0 aliphatic heterocycles. The van der Waals surface area contributed by atoms with Crippen LogP contribution in [0.5, 0.6) is 0 Å². The van der Waals surface area contributed by atoms with E-state index in [1.807, 2.05) is 30.3 Å². The maximum Gasteiger partial charge on any atom is 0.229 e. The fourth-order valence-electron chi connectivity index (χ4n) is 2.72. The fourth-order valence-corrected chi connectivity index (χ4v) is 2.72. The van der Waals surface area contributed by atoms with Gasteiger partial charge in [0, 0.05) is 25.9 Å². The van der Waals surface area contributed by atoms with Gasteiger partial charge in [0.05, 0.1) is 0 Å². The third kappa shape index (κ3) is 3.03. The van der Waals surface area contributed by atoms with Crippen molar-refractivity contribution in [1.29, 1.82) is 0 Å². The number of methoxy groups -OCH3 is 1. The van der Waals surface area contributed by atoms with Crippen LogP contribution in [0.3, 0.4) is 0 Å². The lowest BCUT2D eigenvalue weighted by Crippen LogP contribution is -2.13. The summed E-state index contributed by atoms with van der Waals surface area (Å²) in [5.74, 6) is 1.67. The van der Waals surface area contributed by atoms with Crippen LogP contribution in [-0.2, 0) is 9.53 Å². The van der Waals surface area contributed by atoms with Gasteiger partial charge in [0.25, 0.3) is 0 Å². The van der Waals surface area contributed by atoms with Gasteiger partial charge in [0.15, 0.2) is 0 Å². The number of ketones is 1. The standard InChI is InChI=1S/C16H18N2O3/c1-20-14(11-5-3-2-4-6-11)15-17-16(21-18-15)12-7-9-13(19)10-8-12/h2-6,12,14H,7-10H2,1H3. The molecule has 21 heavy (non-hydrogen) atoms. The first-order valence-corrected chi connectivity index (χ1v) is 7.21. The van der Waals surface area contributed by atoms with Crippen LogP contribution >= 0.6 is 0 Å². The second-order valence-corrected chi connectivity index (χ2v) is 5.33. The molecule has 0 N–H and O–H groups in total. The van der Waals surface area contributed by atoms with Crippen molar-refractivity contribution in [3.63, 3.8) is 0 Å². The van der Waals surface area contributed by atoms with Gasteiger partial charge in [-0.1, -0.05) is 35.5 Å². The van der Waals surface area contributed by atoms with Crippen LogP contribution in [0.1, 0.15) is 55.0 Å². The third-order valence-electron chi connectivity index (χ3n) is 3.92. The Balaban J connectivity index is 1.79. The predicted octanol–water partition coefficient (Wildman–Crippen LogP) is 3.03. The van der Waals surface area contributed by atoms with Crippen molar-refractivity contribution in [3.8, 4) is 0 Å². The molecule has 0 bridgehead atoms. The molecule has 0 amide bonds. The van der Waals surface area contributed by atoms with Gasteiger partial charge in [-0.3, -0.25) is 4.79 Å². The van der Waals surface area contributed by atoms with Crippen molar-refractivity contribution in [3.05, 3.63) is 47.6 Å². The summed E-state index contributed by atoms with van der Waals surface area (Å²) in [4.78, 5) is 15.8. The Bertz CT molecular complexity index is 599. The first-order chi connectivity index (χ1) is 10.3. The molecule has 5 nitrogen and oxygen atoms in total. The second-order valence-electron chi connectivity index (χ2n) is 5.33. The SMILES string of the molecule is COC(c1ccccc1)c1noc(C2CCC(=O)CC2)n1. The fraction of sp³-hybridized carbons (Fsp3) is 0.438. The minimum absolute atomic E-state index is 0.192. The number of carbonyl (C=O) groups excluding carboxylic acids is 1. The number of carbonyl (C=O) groups is 1. The van der Waals surface area contributed by atoms with Crippen LogP contribution in [0.15, 0.2) is 34.9 Å². The van der Waals surface area contributed by atoms with Crippen molar-refractivity contribution in [2.75, 3.05) is 7.11 Å². The van der Waals surface area contributed by atoms with Crippen molar-refractivity contribution in [2.24, 2.45) is 0 Å². The Morgan fingerprint density at radius 3 is 2.62 bits per heavy atom. The van der Waals surface area contributed by atoms with Crippen LogP contribution in [0.4, 0.5) is 0 Å². The first kappa shape index (κ1) is 13.9. The summed E-state index contributed by atoms with van der Waals surface area (Å²) < 4.78 is 10.9. The topological polar surface area (TPSA) is 65.2 Å². The smallest absolute Gasteiger partial charge is 0.229 e. The molecule has 1 heterocycles. The van der Waals surface area contributed by atoms with E-state index in [1.165, 1.54) is 0 Å². The lowest BCUT2D eigenvalue weighted by molar-refractivity contribution is -0.120. The molecule has 110 valence electrons. The molecule has 3 rings (SSSR count). The van der Waals surface area contributed by atoms with E-state index in [-0.39, 0.29) is 12.0 Å². The van der Waals surface area contributed by atoms with Gasteiger partial charge >= 0.3 is 0 Å². The summed E-state index contributed by atoms with van der Waals surface area (Å²) >= 11 is 0. The van der Waals surface area contributed by atoms with Gasteiger partial charge in [-0.05, 0) is 18.4 Å². The second kappa shape index (κ2) is 6.18. The quantitative estimate of drug-likeness (QED) is 0.864. The van der Waals surface area contributed by atoms with E-state index in [0.29, 0.717) is 30.3 Å². The zero-order valence-corrected chi connectivity index (χ0v) is 12.0. The largest absolute Gasteiger partial charge is 0.369 e. The third-order valence-corrected chi connectivity index (χ3v) is 3.92. The highest BCUT2D eigenvalue weighted by atomic mass is 16.5. The summed E-state index contributed by atoms with van der Waals surface area (Å²) in [6.45, 7) is 0. The maximum absolute atomic E-state index is 11.3. The molecule has 1 atom stereocenters. The number of ether oxygens (including phenoxy) is 1. The molecule has 1 saturated carbocycles. The molecule has 1 fully saturated rings. The van der Waals surface area contributed by atoms with Crippen LogP contribution in [0.2, 0.25) is 0 Å². The number of nitrogens with zero attached hydrogens (tertiary/aromatic N) is 2. The number of rotatable bonds is 4. The number of benzene rings is 1. The lowest BCUT2D eigenvalue weighted by atomic mass is 9.88. The summed E-state index contributed by atoms with van der Waals surface area (Å²) in [5.41, 5.74) is 0.992. The highest BCUT2D eigenvalue weighted by molar-refractivity contribution is 5.79. The molecule has 1 aliphatic rings. The van der Waals surface area contributed by atoms with E-state index >= 15 is 0 Å². The van der Waals surface area contributed by atoms with E-state index in [1.54, 1.807) is 7.11 Å². The van der Waals surface area contributed by atoms with Gasteiger partial charge in [-0.25, -0.2) is 0 Å². The van der Waals surface area contributed by atoms with Gasteiger partial charge in [-0.2, -0.15) is 4.98 Å². The number of Topliss-reactive ketones (excluding diaryl/α,β-unsaturated/α-hetero) is 1. The molecule has 0 saturated heterocycles. The highest BCUT2D eigenvalue weighted by Gasteiger charge is 2.27. The van der Waals surface area contributed by atoms with Crippen LogP contribution in [0.25, 0.3) is 0 Å². The van der Waals surface area contributed by atoms with E-state index in [9.17, 15) is 4.79 Å². The van der Waals surface area contributed by atoms with Crippen LogP contribution < -0.4 is 0 Å². The first-order valence-electron chi connectivity index (χ1n) is 7.21. The molecule has 1 aromatic carbocycles. The summed E-state index contributed by atoms with van der Waals surface area (Å²) in [7, 11) is 1.63. The van der Waals surface area contributed by atoms with Gasteiger partial charge in [0.1, 0.15) is 11.9 Å². The maximum atomic E-state index is 11.3. The number of hydrogen-bond donors (Lipinski definition) is 0. The molecular formula is C16H18N2O3. The van der Waals surface area contributed by atoms with Gasteiger partial charge in [0.2, 0.25) is 11.7 Å². The molecule has 1 aliphatic carbocycles. The van der Waals surface area contributed by atoms with Crippen molar-refractivity contribution >= 4 is 5.78 Å². The van der Waals surface area contributed by atoms with Gasteiger partial charge in [-0.15, -0.1) is 0 Å². The molecule has 1 aromatic heterocycles. The predicted molar refractivity (Wildman–Crippen MR) is 75.8 cm³/mol. The van der Waals surface area contributed by atoms with Crippen LogP contribution in [-0.4, -0.2) is 23.0 Å². The average Bonchev–Trinajstić information content (AvgIpc) is 2.99. The molecule has 1 unspecified atom stereocenters. The average molecular weight is 286 g/mol. The van der Waals surface area contributed by atoms with Crippen LogP contribution in [0, 0.1) is 0 Å². The molecule has 0 radical (unpaired) electrons. The summed E-state index contributed by atoms with van der Waals surface area (Å²) in [5, 5.41) is 4.06. The van der Waals surface area contributed by atoms with Gasteiger partial charge < -0.3 is 9.26 Å². The minimum atomic E-state index is -0.325. The lowest BCUT2D eigenvalue weighted by Gasteiger charge is -2.16. The number of aromatic nitrogens is 2. The Kier molecular flexibility index (Phi) is 4.10. The molecule has 0 spiro atoms. The minimum Gasteiger partial charge on any atom is -0.369 e. The van der Waals surface area contributed by atoms with E-state index in [4.69, 9.17) is 9.26 Å². The van der Waals surface area contributed by atoms with Crippen molar-refractivity contribution < 1.29 is 14.1 Å². The monoisotopic (exact) mass is 286 g/mol. The van der Waals surface area contributed by atoms with E-state index < -0.39 is 0 Å². The van der Waals surface area contributed by atoms with Crippen molar-refractivity contribution in [1.82, 2.24) is 10.1 Å². The highest BCUT2D eigenvalue weighted by Crippen LogP contribution is 2.31. The zero-order valence-electron chi connectivity index (χ0n) is 12.0. The Morgan fingerprint density at radius 2 is 1.95 bits per heavy atom. The zero-order chi connectivity index (χ0) is 14.7. The molecular weight excluding hydrogens is 268 g/mol. The van der Waals surface area contributed by atoms with E-state index in [0.717, 1.165) is 18.4 Å². The van der Waals surface area contributed by atoms with E-state index in [2.05, 4.69) is 10.1 Å². The summed E-state index contributed by atoms with van der Waals surface area (Å²) in [6, 6.07) is 9.81. The Labute approximate surface area is 123 Å². The van der Waals surface area contributed by atoms with Crippen molar-refractivity contribution in [2.45, 2.75) is 37.7 Å².